The van der Waals surface area contributed by atoms with E-state index < -0.39 is 18.2 Å². The molecule has 0 heterocycles. The first kappa shape index (κ1) is 13.6. The van der Waals surface area contributed by atoms with Crippen molar-refractivity contribution in [2.75, 3.05) is 0 Å². The molecule has 0 bridgehead atoms. The molecule has 0 aromatic carbocycles. The molecule has 0 aromatic rings. The zero-order valence-corrected chi connectivity index (χ0v) is 10.3. The maximum absolute atomic E-state index is 10.4. The number of hydrogen-bond donors (Lipinski definition) is 3. The van der Waals surface area contributed by atoms with Crippen molar-refractivity contribution in [3.05, 3.63) is 0 Å². The Morgan fingerprint density at radius 2 is 2.00 bits per heavy atom. The van der Waals surface area contributed by atoms with Crippen molar-refractivity contribution in [2.45, 2.75) is 56.6 Å². The predicted octanol–water partition coefficient (Wildman–Crippen LogP) is 2.19. The van der Waals surface area contributed by atoms with Crippen molar-refractivity contribution in [2.24, 2.45) is 5.92 Å². The van der Waals surface area contributed by atoms with E-state index in [2.05, 4.69) is 5.32 Å². The lowest BCUT2D eigenvalue weighted by molar-refractivity contribution is 0.0948. The molecule has 2 atom stereocenters. The molecule has 1 fully saturated rings. The molecule has 1 aliphatic rings. The fourth-order valence-electron chi connectivity index (χ4n) is 2.19. The number of aliphatic hydroxyl groups excluding tert-OH is 1. The molecule has 1 saturated carbocycles. The summed E-state index contributed by atoms with van der Waals surface area (Å²) in [5.41, 5.74) is 0. The molecular formula is C11H20ClNO3. The van der Waals surface area contributed by atoms with E-state index >= 15 is 0 Å². The maximum atomic E-state index is 10.4. The minimum Gasteiger partial charge on any atom is -0.465 e. The van der Waals surface area contributed by atoms with E-state index in [-0.39, 0.29) is 5.38 Å². The van der Waals surface area contributed by atoms with Crippen LogP contribution < -0.4 is 5.32 Å². The summed E-state index contributed by atoms with van der Waals surface area (Å²) in [7, 11) is 0. The Labute approximate surface area is 101 Å². The van der Waals surface area contributed by atoms with Gasteiger partial charge in [-0.15, -0.1) is 11.6 Å². The van der Waals surface area contributed by atoms with E-state index in [9.17, 15) is 9.90 Å². The van der Waals surface area contributed by atoms with Gasteiger partial charge in [-0.25, -0.2) is 4.79 Å². The molecule has 4 nitrogen and oxygen atoms in total. The molecule has 0 radical (unpaired) electrons. The molecule has 1 rings (SSSR count). The van der Waals surface area contributed by atoms with Gasteiger partial charge < -0.3 is 15.5 Å². The van der Waals surface area contributed by atoms with Crippen LogP contribution in [0.15, 0.2) is 0 Å². The van der Waals surface area contributed by atoms with Gasteiger partial charge in [0.1, 0.15) is 0 Å². The topological polar surface area (TPSA) is 69.6 Å². The van der Waals surface area contributed by atoms with Crippen LogP contribution in [-0.4, -0.2) is 33.8 Å². The number of carboxylic acid groups (broad SMARTS) is 1. The molecule has 16 heavy (non-hydrogen) atoms. The van der Waals surface area contributed by atoms with E-state index in [1.165, 1.54) is 0 Å². The smallest absolute Gasteiger partial charge is 0.404 e. The van der Waals surface area contributed by atoms with Crippen LogP contribution in [0.1, 0.15) is 39.0 Å². The van der Waals surface area contributed by atoms with Gasteiger partial charge in [0.2, 0.25) is 0 Å². The number of aliphatic hydroxyl groups is 1. The van der Waals surface area contributed by atoms with Gasteiger partial charge in [0.15, 0.2) is 0 Å². The lowest BCUT2D eigenvalue weighted by Crippen LogP contribution is -2.41. The molecule has 1 aliphatic carbocycles. The van der Waals surface area contributed by atoms with E-state index in [1.54, 1.807) is 6.92 Å². The monoisotopic (exact) mass is 249 g/mol. The summed E-state index contributed by atoms with van der Waals surface area (Å²) < 4.78 is 0. The first-order valence-electron chi connectivity index (χ1n) is 5.80. The van der Waals surface area contributed by atoms with Gasteiger partial charge in [0, 0.05) is 5.38 Å². The Kier molecular flexibility index (Phi) is 5.35. The molecule has 0 saturated heterocycles. The van der Waals surface area contributed by atoms with Crippen LogP contribution in [-0.2, 0) is 0 Å². The molecule has 0 unspecified atom stereocenters. The maximum Gasteiger partial charge on any atom is 0.404 e. The summed E-state index contributed by atoms with van der Waals surface area (Å²) in [6, 6.07) is -0.411. The molecule has 0 aliphatic heterocycles. The fourth-order valence-corrected chi connectivity index (χ4v) is 2.45. The molecular weight excluding hydrogens is 230 g/mol. The van der Waals surface area contributed by atoms with Crippen molar-refractivity contribution in [3.8, 4) is 0 Å². The van der Waals surface area contributed by atoms with Crippen LogP contribution in [0.4, 0.5) is 4.79 Å². The first-order chi connectivity index (χ1) is 7.49. The van der Waals surface area contributed by atoms with E-state index in [1.807, 2.05) is 0 Å². The predicted molar refractivity (Wildman–Crippen MR) is 62.8 cm³/mol. The first-order valence-corrected chi connectivity index (χ1v) is 6.24. The average Bonchev–Trinajstić information content (AvgIpc) is 2.20. The summed E-state index contributed by atoms with van der Waals surface area (Å²) in [5, 5.41) is 20.9. The second-order valence-corrected chi connectivity index (χ2v) is 5.28. The van der Waals surface area contributed by atoms with Gasteiger partial charge in [0.25, 0.3) is 0 Å². The quantitative estimate of drug-likeness (QED) is 0.669. The average molecular weight is 250 g/mol. The molecule has 94 valence electrons. The van der Waals surface area contributed by atoms with E-state index in [0.29, 0.717) is 12.3 Å². The second-order valence-electron chi connectivity index (χ2n) is 4.66. The Morgan fingerprint density at radius 1 is 1.44 bits per heavy atom. The van der Waals surface area contributed by atoms with Gasteiger partial charge in [-0.05, 0) is 44.9 Å². The summed E-state index contributed by atoms with van der Waals surface area (Å²) in [5.74, 6) is 0.475. The van der Waals surface area contributed by atoms with Gasteiger partial charge in [0.05, 0.1) is 12.1 Å². The highest BCUT2D eigenvalue weighted by Gasteiger charge is 2.24. The Hall–Kier alpha value is -0.480. The van der Waals surface area contributed by atoms with Gasteiger partial charge in [-0.1, -0.05) is 0 Å². The summed E-state index contributed by atoms with van der Waals surface area (Å²) in [6.07, 6.45) is 3.03. The van der Waals surface area contributed by atoms with Crippen LogP contribution in [0.3, 0.4) is 0 Å². The third-order valence-corrected chi connectivity index (χ3v) is 3.72. The summed E-state index contributed by atoms with van der Waals surface area (Å²) >= 11 is 6.00. The lowest BCUT2D eigenvalue weighted by atomic mass is 9.84. The van der Waals surface area contributed by atoms with Gasteiger partial charge in [-0.3, -0.25) is 0 Å². The summed E-state index contributed by atoms with van der Waals surface area (Å²) in [4.78, 5) is 10.4. The fraction of sp³-hybridized carbons (Fsp3) is 0.909. The summed E-state index contributed by atoms with van der Waals surface area (Å²) in [6.45, 7) is 1.69. The molecule has 5 heteroatoms. The number of hydrogen-bond acceptors (Lipinski definition) is 2. The zero-order valence-electron chi connectivity index (χ0n) is 9.53. The van der Waals surface area contributed by atoms with Crippen LogP contribution in [0.5, 0.6) is 0 Å². The van der Waals surface area contributed by atoms with Crippen molar-refractivity contribution in [1.29, 1.82) is 0 Å². The molecule has 3 N–H and O–H groups in total. The third kappa shape index (κ3) is 4.58. The Balaban J connectivity index is 2.27. The number of rotatable bonds is 4. The number of halogens is 1. The highest BCUT2D eigenvalue weighted by atomic mass is 35.5. The number of amides is 1. The largest absolute Gasteiger partial charge is 0.465 e. The normalized spacial score (nSPS) is 29.4. The van der Waals surface area contributed by atoms with Crippen LogP contribution in [0, 0.1) is 5.92 Å². The standard InChI is InChI=1S/C11H20ClNO3/c1-7(13-11(15)16)10(14)6-8-2-4-9(12)5-3-8/h7-10,13-14H,2-6H2,1H3,(H,15,16)/t7-,8?,9?,10+/m0/s1. The van der Waals surface area contributed by atoms with Gasteiger partial charge >= 0.3 is 6.09 Å². The molecule has 0 aromatic heterocycles. The minimum atomic E-state index is -1.09. The van der Waals surface area contributed by atoms with Crippen molar-refractivity contribution < 1.29 is 15.0 Å². The van der Waals surface area contributed by atoms with Crippen molar-refractivity contribution >= 4 is 17.7 Å². The molecule has 1 amide bonds. The Morgan fingerprint density at radius 3 is 2.50 bits per heavy atom. The number of carbonyl (C=O) groups is 1. The SMILES string of the molecule is C[C@H](NC(=O)O)[C@H](O)CC1CCC(Cl)CC1. The second kappa shape index (κ2) is 6.30. The number of alkyl halides is 1. The third-order valence-electron chi connectivity index (χ3n) is 3.28. The van der Waals surface area contributed by atoms with Crippen LogP contribution >= 0.6 is 11.6 Å². The lowest BCUT2D eigenvalue weighted by Gasteiger charge is -2.28. The molecule has 0 spiro atoms. The van der Waals surface area contributed by atoms with E-state index in [0.717, 1.165) is 25.7 Å². The zero-order chi connectivity index (χ0) is 12.1. The van der Waals surface area contributed by atoms with Gasteiger partial charge in [-0.2, -0.15) is 0 Å². The number of nitrogens with one attached hydrogen (secondary N) is 1. The van der Waals surface area contributed by atoms with E-state index in [4.69, 9.17) is 16.7 Å². The van der Waals surface area contributed by atoms with Crippen molar-refractivity contribution in [3.63, 3.8) is 0 Å². The Bertz CT molecular complexity index is 229. The van der Waals surface area contributed by atoms with Crippen molar-refractivity contribution in [1.82, 2.24) is 5.32 Å². The minimum absolute atomic E-state index is 0.281. The highest BCUT2D eigenvalue weighted by Crippen LogP contribution is 2.30. The van der Waals surface area contributed by atoms with Crippen LogP contribution in [0.25, 0.3) is 0 Å². The highest BCUT2D eigenvalue weighted by molar-refractivity contribution is 6.20. The van der Waals surface area contributed by atoms with Crippen LogP contribution in [0.2, 0.25) is 0 Å².